The number of carboxylic acids is 2. The van der Waals surface area contributed by atoms with Gasteiger partial charge in [-0.25, -0.2) is 28.8 Å². The standard InChI is InChI=1S/C30H47N3O16/c1-28(2,3)47-25(42)31-16(22(38)39)11-14-20(36)45-21(37)15-12-18(33-27(44)49-30(7,8)9)24(41)46-23(40)17(10-13-19(34)35)32-26(43)48-29(4,5)6/h16-18H,10-15H2,1-9H3,(H,31,42)(H,32,43)(H,33,44)(H,34,35)(H,38,39)/t16?,17?,18-/m0/s1. The number of ether oxygens (including phenoxy) is 5. The van der Waals surface area contributed by atoms with E-state index in [-0.39, 0.29) is 0 Å². The van der Waals surface area contributed by atoms with E-state index in [4.69, 9.17) is 24.1 Å². The van der Waals surface area contributed by atoms with Crippen LogP contribution in [0.15, 0.2) is 0 Å². The maximum Gasteiger partial charge on any atom is 0.408 e. The molecular formula is C30H47N3O16. The van der Waals surface area contributed by atoms with Crippen molar-refractivity contribution in [2.24, 2.45) is 0 Å². The summed E-state index contributed by atoms with van der Waals surface area (Å²) in [5.41, 5.74) is -2.95. The Morgan fingerprint density at radius 3 is 1.10 bits per heavy atom. The first kappa shape index (κ1) is 44.0. The van der Waals surface area contributed by atoms with Crippen molar-refractivity contribution < 1.29 is 77.0 Å². The summed E-state index contributed by atoms with van der Waals surface area (Å²) in [6.07, 6.45) is -6.86. The summed E-state index contributed by atoms with van der Waals surface area (Å²) in [5, 5.41) is 24.7. The van der Waals surface area contributed by atoms with Crippen molar-refractivity contribution >= 4 is 54.1 Å². The lowest BCUT2D eigenvalue weighted by Crippen LogP contribution is -2.48. The minimum absolute atomic E-state index is 0.474. The SMILES string of the molecule is CC(C)(C)OC(=O)NC(CCC(=O)OC(=O)CC[C@H](NC(=O)OC(C)(C)C)C(=O)OC(=O)C(CCC(=O)O)NC(=O)OC(C)(C)C)C(=O)O. The molecule has 0 aliphatic rings. The third-order valence-electron chi connectivity index (χ3n) is 5.29. The Kier molecular flexibility index (Phi) is 17.2. The summed E-state index contributed by atoms with van der Waals surface area (Å²) in [7, 11) is 0. The zero-order valence-electron chi connectivity index (χ0n) is 29.1. The van der Waals surface area contributed by atoms with E-state index in [0.717, 1.165) is 0 Å². The molecule has 0 rings (SSSR count). The number of carbonyl (C=O) groups is 9. The molecule has 0 heterocycles. The summed E-state index contributed by atoms with van der Waals surface area (Å²) in [5.74, 6) is -8.03. The molecule has 278 valence electrons. The van der Waals surface area contributed by atoms with Gasteiger partial charge < -0.3 is 49.8 Å². The Balaban J connectivity index is 5.59. The molecule has 2 unspecified atom stereocenters. The zero-order chi connectivity index (χ0) is 38.3. The van der Waals surface area contributed by atoms with Crippen LogP contribution < -0.4 is 16.0 Å². The van der Waals surface area contributed by atoms with Crippen molar-refractivity contribution in [2.75, 3.05) is 0 Å². The molecule has 19 heteroatoms. The Morgan fingerprint density at radius 1 is 0.490 bits per heavy atom. The Bertz CT molecular complexity index is 1240. The molecule has 0 aliphatic carbocycles. The number of carboxylic acid groups (broad SMARTS) is 2. The van der Waals surface area contributed by atoms with Gasteiger partial charge >= 0.3 is 54.1 Å². The van der Waals surface area contributed by atoms with Gasteiger partial charge in [0, 0.05) is 19.3 Å². The minimum atomic E-state index is -1.75. The monoisotopic (exact) mass is 705 g/mol. The van der Waals surface area contributed by atoms with Gasteiger partial charge in [0.1, 0.15) is 34.9 Å². The summed E-state index contributed by atoms with van der Waals surface area (Å²) in [6, 6.07) is -4.98. The number of amides is 3. The Hall–Kier alpha value is -4.97. The highest BCUT2D eigenvalue weighted by atomic mass is 16.6. The number of rotatable bonds is 15. The third-order valence-corrected chi connectivity index (χ3v) is 5.29. The maximum absolute atomic E-state index is 13.0. The molecule has 0 spiro atoms. The highest BCUT2D eigenvalue weighted by Gasteiger charge is 2.33. The summed E-state index contributed by atoms with van der Waals surface area (Å²) >= 11 is 0. The highest BCUT2D eigenvalue weighted by Crippen LogP contribution is 2.13. The van der Waals surface area contributed by atoms with Crippen LogP contribution >= 0.6 is 0 Å². The average Bonchev–Trinajstić information content (AvgIpc) is 2.87. The van der Waals surface area contributed by atoms with Gasteiger partial charge in [-0.15, -0.1) is 0 Å². The zero-order valence-corrected chi connectivity index (χ0v) is 29.1. The van der Waals surface area contributed by atoms with Gasteiger partial charge in [-0.3, -0.25) is 14.4 Å². The summed E-state index contributed by atoms with van der Waals surface area (Å²) in [4.78, 5) is 109. The van der Waals surface area contributed by atoms with Gasteiger partial charge in [0.25, 0.3) is 0 Å². The first-order valence-corrected chi connectivity index (χ1v) is 15.1. The number of hydrogen-bond acceptors (Lipinski definition) is 14. The van der Waals surface area contributed by atoms with Crippen LogP contribution in [0.2, 0.25) is 0 Å². The number of esters is 4. The lowest BCUT2D eigenvalue weighted by Gasteiger charge is -2.24. The van der Waals surface area contributed by atoms with Crippen LogP contribution in [0, 0.1) is 0 Å². The molecule has 0 radical (unpaired) electrons. The van der Waals surface area contributed by atoms with E-state index < -0.39 is 128 Å². The van der Waals surface area contributed by atoms with E-state index in [2.05, 4.69) is 20.7 Å². The Labute approximate surface area is 283 Å². The topological polar surface area (TPSA) is 276 Å². The van der Waals surface area contributed by atoms with Gasteiger partial charge in [0.05, 0.1) is 0 Å². The fourth-order valence-corrected chi connectivity index (χ4v) is 3.37. The van der Waals surface area contributed by atoms with Crippen LogP contribution in [-0.4, -0.2) is 99.2 Å². The van der Waals surface area contributed by atoms with E-state index in [9.17, 15) is 48.3 Å². The lowest BCUT2D eigenvalue weighted by atomic mass is 10.1. The van der Waals surface area contributed by atoms with Gasteiger partial charge in [0.15, 0.2) is 0 Å². The molecule has 19 nitrogen and oxygen atoms in total. The van der Waals surface area contributed by atoms with E-state index in [1.54, 1.807) is 20.8 Å². The molecule has 0 aliphatic heterocycles. The largest absolute Gasteiger partial charge is 0.481 e. The number of alkyl carbamates (subject to hydrolysis) is 3. The van der Waals surface area contributed by atoms with E-state index in [1.807, 2.05) is 0 Å². The molecule has 0 bridgehead atoms. The van der Waals surface area contributed by atoms with Gasteiger partial charge in [-0.1, -0.05) is 0 Å². The summed E-state index contributed by atoms with van der Waals surface area (Å²) in [6.45, 7) is 13.8. The lowest BCUT2D eigenvalue weighted by molar-refractivity contribution is -0.163. The number of aliphatic carboxylic acids is 2. The predicted molar refractivity (Wildman–Crippen MR) is 165 cm³/mol. The molecule has 0 aromatic carbocycles. The fourth-order valence-electron chi connectivity index (χ4n) is 3.37. The molecule has 3 atom stereocenters. The molecule has 0 saturated heterocycles. The van der Waals surface area contributed by atoms with E-state index in [1.165, 1.54) is 41.5 Å². The second-order valence-corrected chi connectivity index (χ2v) is 13.5. The second-order valence-electron chi connectivity index (χ2n) is 13.5. The smallest absolute Gasteiger partial charge is 0.408 e. The molecule has 0 fully saturated rings. The molecule has 5 N–H and O–H groups in total. The van der Waals surface area contributed by atoms with E-state index in [0.29, 0.717) is 0 Å². The maximum atomic E-state index is 13.0. The van der Waals surface area contributed by atoms with Crippen LogP contribution in [0.5, 0.6) is 0 Å². The van der Waals surface area contributed by atoms with Crippen molar-refractivity contribution in [3.05, 3.63) is 0 Å². The first-order chi connectivity index (χ1) is 22.2. The van der Waals surface area contributed by atoms with Gasteiger partial charge in [0.2, 0.25) is 0 Å². The van der Waals surface area contributed by atoms with Crippen molar-refractivity contribution in [3.8, 4) is 0 Å². The van der Waals surface area contributed by atoms with Crippen molar-refractivity contribution in [1.82, 2.24) is 16.0 Å². The van der Waals surface area contributed by atoms with Crippen LogP contribution in [0.4, 0.5) is 14.4 Å². The van der Waals surface area contributed by atoms with Crippen LogP contribution in [0.3, 0.4) is 0 Å². The number of carbonyl (C=O) groups excluding carboxylic acids is 7. The Morgan fingerprint density at radius 2 is 0.796 bits per heavy atom. The fraction of sp³-hybridized carbons (Fsp3) is 0.700. The predicted octanol–water partition coefficient (Wildman–Crippen LogP) is 2.32. The quantitative estimate of drug-likeness (QED) is 0.0928. The van der Waals surface area contributed by atoms with Crippen LogP contribution in [0.25, 0.3) is 0 Å². The third kappa shape index (κ3) is 22.3. The normalized spacial score (nSPS) is 13.3. The van der Waals surface area contributed by atoms with E-state index >= 15 is 0 Å². The number of hydrogen-bond donors (Lipinski definition) is 5. The van der Waals surface area contributed by atoms with Crippen LogP contribution in [-0.2, 0) is 52.5 Å². The second kappa shape index (κ2) is 19.1. The van der Waals surface area contributed by atoms with Crippen molar-refractivity contribution in [3.63, 3.8) is 0 Å². The first-order valence-electron chi connectivity index (χ1n) is 15.1. The minimum Gasteiger partial charge on any atom is -0.481 e. The molecule has 0 aromatic rings. The van der Waals surface area contributed by atoms with Crippen molar-refractivity contribution in [2.45, 2.75) is 136 Å². The summed E-state index contributed by atoms with van der Waals surface area (Å²) < 4.78 is 24.6. The van der Waals surface area contributed by atoms with Crippen LogP contribution in [0.1, 0.15) is 101 Å². The van der Waals surface area contributed by atoms with Gasteiger partial charge in [-0.05, 0) is 81.6 Å². The van der Waals surface area contributed by atoms with Crippen molar-refractivity contribution in [1.29, 1.82) is 0 Å². The average molecular weight is 706 g/mol. The molecule has 3 amide bonds. The molecular weight excluding hydrogens is 658 g/mol. The number of nitrogens with one attached hydrogen (secondary N) is 3. The molecule has 0 saturated carbocycles. The highest BCUT2D eigenvalue weighted by molar-refractivity contribution is 5.94. The molecule has 49 heavy (non-hydrogen) atoms. The van der Waals surface area contributed by atoms with Gasteiger partial charge in [-0.2, -0.15) is 0 Å². The molecule has 0 aromatic heterocycles.